The number of fused-ring (bicyclic) bond motifs is 3. The third-order valence-electron chi connectivity index (χ3n) is 5.42. The zero-order chi connectivity index (χ0) is 16.0. The summed E-state index contributed by atoms with van der Waals surface area (Å²) < 4.78 is 5.63. The van der Waals surface area contributed by atoms with Gasteiger partial charge >= 0.3 is 0 Å². The highest BCUT2D eigenvalue weighted by molar-refractivity contribution is 5.66. The van der Waals surface area contributed by atoms with Crippen LogP contribution in [0, 0.1) is 19.8 Å². The van der Waals surface area contributed by atoms with Crippen molar-refractivity contribution in [3.05, 3.63) is 70.8 Å². The first-order chi connectivity index (χ1) is 11.2. The normalized spacial score (nSPS) is 24.7. The monoisotopic (exact) mass is 305 g/mol. The number of para-hydroxylation sites is 1. The van der Waals surface area contributed by atoms with Crippen LogP contribution in [0.25, 0.3) is 0 Å². The lowest BCUT2D eigenvalue weighted by molar-refractivity contribution is 0.380. The summed E-state index contributed by atoms with van der Waals surface area (Å²) in [7, 11) is 1.76. The summed E-state index contributed by atoms with van der Waals surface area (Å²) in [5.74, 6) is 2.03. The second-order valence-corrected chi connectivity index (χ2v) is 6.71. The van der Waals surface area contributed by atoms with Gasteiger partial charge in [0.15, 0.2) is 0 Å². The fourth-order valence-corrected chi connectivity index (χ4v) is 4.27. The zero-order valence-corrected chi connectivity index (χ0v) is 14.0. The molecule has 2 aromatic carbocycles. The van der Waals surface area contributed by atoms with Gasteiger partial charge < -0.3 is 10.1 Å². The number of benzene rings is 2. The number of ether oxygens (including phenoxy) is 1. The maximum Gasteiger partial charge on any atom is 0.124 e. The Bertz CT molecular complexity index is 777. The molecular formula is C21H23NO. The molecule has 2 heteroatoms. The van der Waals surface area contributed by atoms with Crippen molar-refractivity contribution in [2.75, 3.05) is 12.4 Å². The molecule has 2 aliphatic rings. The second-order valence-electron chi connectivity index (χ2n) is 6.71. The molecule has 0 spiro atoms. The SMILES string of the molecule is COc1ccccc1C1Nc2c(C)ccc(C)c2C2C=CCC21. The number of allylic oxidation sites excluding steroid dienone is 2. The van der Waals surface area contributed by atoms with Crippen LogP contribution in [0.2, 0.25) is 0 Å². The summed E-state index contributed by atoms with van der Waals surface area (Å²) in [6, 6.07) is 13.2. The molecule has 0 saturated carbocycles. The van der Waals surface area contributed by atoms with E-state index >= 15 is 0 Å². The fourth-order valence-electron chi connectivity index (χ4n) is 4.27. The van der Waals surface area contributed by atoms with Crippen LogP contribution >= 0.6 is 0 Å². The number of anilines is 1. The van der Waals surface area contributed by atoms with E-state index in [1.165, 1.54) is 27.9 Å². The van der Waals surface area contributed by atoms with Gasteiger partial charge in [0.1, 0.15) is 5.75 Å². The summed E-state index contributed by atoms with van der Waals surface area (Å²) in [6.07, 6.45) is 5.86. The van der Waals surface area contributed by atoms with Crippen molar-refractivity contribution in [2.24, 2.45) is 5.92 Å². The van der Waals surface area contributed by atoms with Gasteiger partial charge in [-0.2, -0.15) is 0 Å². The number of hydrogen-bond acceptors (Lipinski definition) is 2. The van der Waals surface area contributed by atoms with Crippen molar-refractivity contribution >= 4 is 5.69 Å². The molecule has 0 fully saturated rings. The Kier molecular flexibility index (Phi) is 3.41. The summed E-state index contributed by atoms with van der Waals surface area (Å²) in [6.45, 7) is 4.43. The van der Waals surface area contributed by atoms with Gasteiger partial charge in [-0.1, -0.05) is 42.5 Å². The van der Waals surface area contributed by atoms with Crippen LogP contribution in [0.5, 0.6) is 5.75 Å². The molecule has 1 heterocycles. The van der Waals surface area contributed by atoms with Gasteiger partial charge in [0.05, 0.1) is 13.2 Å². The Morgan fingerprint density at radius 1 is 1.04 bits per heavy atom. The zero-order valence-electron chi connectivity index (χ0n) is 14.0. The van der Waals surface area contributed by atoms with E-state index in [0.29, 0.717) is 17.9 Å². The first-order valence-corrected chi connectivity index (χ1v) is 8.37. The summed E-state index contributed by atoms with van der Waals surface area (Å²) >= 11 is 0. The van der Waals surface area contributed by atoms with E-state index in [9.17, 15) is 0 Å². The van der Waals surface area contributed by atoms with Crippen molar-refractivity contribution in [2.45, 2.75) is 32.2 Å². The number of hydrogen-bond donors (Lipinski definition) is 1. The van der Waals surface area contributed by atoms with Crippen LogP contribution in [0.3, 0.4) is 0 Å². The average molecular weight is 305 g/mol. The smallest absolute Gasteiger partial charge is 0.124 e. The largest absolute Gasteiger partial charge is 0.496 e. The number of methoxy groups -OCH3 is 1. The lowest BCUT2D eigenvalue weighted by atomic mass is 9.75. The minimum Gasteiger partial charge on any atom is -0.496 e. The van der Waals surface area contributed by atoms with E-state index in [-0.39, 0.29) is 0 Å². The maximum atomic E-state index is 5.63. The first-order valence-electron chi connectivity index (χ1n) is 8.37. The quantitative estimate of drug-likeness (QED) is 0.776. The van der Waals surface area contributed by atoms with Crippen molar-refractivity contribution in [1.82, 2.24) is 0 Å². The molecule has 0 amide bonds. The van der Waals surface area contributed by atoms with E-state index in [1.807, 2.05) is 6.07 Å². The highest BCUT2D eigenvalue weighted by Crippen LogP contribution is 2.52. The average Bonchev–Trinajstić information content (AvgIpc) is 3.06. The van der Waals surface area contributed by atoms with Crippen molar-refractivity contribution in [3.63, 3.8) is 0 Å². The predicted octanol–water partition coefficient (Wildman–Crippen LogP) is 5.14. The molecule has 2 aromatic rings. The van der Waals surface area contributed by atoms with Gasteiger partial charge in [-0.15, -0.1) is 0 Å². The lowest BCUT2D eigenvalue weighted by Crippen LogP contribution is -2.30. The highest BCUT2D eigenvalue weighted by Gasteiger charge is 2.40. The molecule has 23 heavy (non-hydrogen) atoms. The minimum absolute atomic E-state index is 0.291. The van der Waals surface area contributed by atoms with Crippen LogP contribution in [-0.2, 0) is 0 Å². The van der Waals surface area contributed by atoms with Crippen molar-refractivity contribution in [3.8, 4) is 5.75 Å². The Morgan fingerprint density at radius 3 is 2.65 bits per heavy atom. The predicted molar refractivity (Wildman–Crippen MR) is 95.3 cm³/mol. The molecule has 118 valence electrons. The van der Waals surface area contributed by atoms with Gasteiger partial charge in [-0.25, -0.2) is 0 Å². The van der Waals surface area contributed by atoms with Crippen molar-refractivity contribution < 1.29 is 4.74 Å². The molecule has 1 aliphatic heterocycles. The van der Waals surface area contributed by atoms with E-state index < -0.39 is 0 Å². The maximum absolute atomic E-state index is 5.63. The van der Waals surface area contributed by atoms with Crippen LogP contribution < -0.4 is 10.1 Å². The summed E-state index contributed by atoms with van der Waals surface area (Å²) in [4.78, 5) is 0. The van der Waals surface area contributed by atoms with E-state index in [0.717, 1.165) is 12.2 Å². The van der Waals surface area contributed by atoms with E-state index in [2.05, 4.69) is 61.6 Å². The number of nitrogens with one attached hydrogen (secondary N) is 1. The molecule has 0 aromatic heterocycles. The van der Waals surface area contributed by atoms with Gasteiger partial charge in [0.25, 0.3) is 0 Å². The standard InChI is InChI=1S/C21H23NO/c1-13-11-12-14(2)20-19(13)15-8-6-9-16(15)21(22-20)17-7-4-5-10-18(17)23-3/h4-8,10-12,15-16,21-22H,9H2,1-3H3. The number of rotatable bonds is 2. The molecule has 0 bridgehead atoms. The van der Waals surface area contributed by atoms with Crippen LogP contribution in [-0.4, -0.2) is 7.11 Å². The Hall–Kier alpha value is -2.22. The third-order valence-corrected chi connectivity index (χ3v) is 5.42. The molecule has 0 radical (unpaired) electrons. The Morgan fingerprint density at radius 2 is 1.83 bits per heavy atom. The topological polar surface area (TPSA) is 21.3 Å². The summed E-state index contributed by atoms with van der Waals surface area (Å²) in [5, 5.41) is 3.85. The van der Waals surface area contributed by atoms with Crippen LogP contribution in [0.4, 0.5) is 5.69 Å². The molecule has 2 nitrogen and oxygen atoms in total. The lowest BCUT2D eigenvalue weighted by Gasteiger charge is -2.39. The van der Waals surface area contributed by atoms with Gasteiger partial charge in [-0.3, -0.25) is 0 Å². The van der Waals surface area contributed by atoms with Crippen LogP contribution in [0.1, 0.15) is 40.6 Å². The molecule has 0 saturated heterocycles. The minimum atomic E-state index is 0.291. The summed E-state index contributed by atoms with van der Waals surface area (Å²) in [5.41, 5.74) is 6.77. The molecule has 4 rings (SSSR count). The third kappa shape index (κ3) is 2.16. The van der Waals surface area contributed by atoms with Gasteiger partial charge in [-0.05, 0) is 48.9 Å². The highest BCUT2D eigenvalue weighted by atomic mass is 16.5. The molecule has 1 aliphatic carbocycles. The first kappa shape index (κ1) is 14.4. The van der Waals surface area contributed by atoms with E-state index in [4.69, 9.17) is 4.74 Å². The Balaban J connectivity index is 1.87. The second kappa shape index (κ2) is 5.45. The molecule has 3 atom stereocenters. The Labute approximate surface area is 138 Å². The van der Waals surface area contributed by atoms with Gasteiger partial charge in [0, 0.05) is 17.2 Å². The van der Waals surface area contributed by atoms with Crippen LogP contribution in [0.15, 0.2) is 48.6 Å². The molecule has 3 unspecified atom stereocenters. The van der Waals surface area contributed by atoms with Gasteiger partial charge in [0.2, 0.25) is 0 Å². The number of aryl methyl sites for hydroxylation is 2. The molecule has 1 N–H and O–H groups in total. The van der Waals surface area contributed by atoms with E-state index in [1.54, 1.807) is 7.11 Å². The van der Waals surface area contributed by atoms with Crippen molar-refractivity contribution in [1.29, 1.82) is 0 Å². The molecular weight excluding hydrogens is 282 g/mol. The fraction of sp³-hybridized carbons (Fsp3) is 0.333.